The second-order valence-corrected chi connectivity index (χ2v) is 8.37. The van der Waals surface area contributed by atoms with Crippen LogP contribution in [0.25, 0.3) is 11.3 Å². The molecule has 1 aliphatic rings. The molecular weight excluding hydrogens is 366 g/mol. The highest BCUT2D eigenvalue weighted by Gasteiger charge is 2.32. The smallest absolute Gasteiger partial charge is 0.260 e. The van der Waals surface area contributed by atoms with Gasteiger partial charge >= 0.3 is 0 Å². The van der Waals surface area contributed by atoms with Gasteiger partial charge in [-0.25, -0.2) is 18.4 Å². The van der Waals surface area contributed by atoms with Crippen LogP contribution >= 0.6 is 0 Å². The lowest BCUT2D eigenvalue weighted by Crippen LogP contribution is -2.38. The first-order valence-electron chi connectivity index (χ1n) is 8.69. The summed E-state index contributed by atoms with van der Waals surface area (Å²) in [6.45, 7) is 0.831. The van der Waals surface area contributed by atoms with E-state index in [0.29, 0.717) is 31.6 Å². The average molecular weight is 385 g/mol. The van der Waals surface area contributed by atoms with Crippen LogP contribution < -0.4 is 0 Å². The molecule has 4 rings (SSSR count). The molecule has 0 amide bonds. The Kier molecular flexibility index (Phi) is 4.67. The van der Waals surface area contributed by atoms with Crippen LogP contribution in [0.3, 0.4) is 0 Å². The first kappa shape index (κ1) is 17.7. The summed E-state index contributed by atoms with van der Waals surface area (Å²) in [5, 5.41) is 9.45. The molecule has 0 atom stereocenters. The summed E-state index contributed by atoms with van der Waals surface area (Å²) < 4.78 is 32.8. The molecule has 0 aliphatic carbocycles. The standard InChI is InChI=1S/C19H19N3O4S/c23-16-6-4-14(5-7-16)17-2-1-3-19(21-17)27(24,25)22-10-8-15(9-11-22)18-12-20-13-26-18/h1-7,12-13,15,23H,8-11H2. The van der Waals surface area contributed by atoms with Gasteiger partial charge in [0, 0.05) is 24.6 Å². The van der Waals surface area contributed by atoms with Crippen molar-refractivity contribution in [2.24, 2.45) is 0 Å². The normalized spacial score (nSPS) is 16.4. The number of aromatic hydroxyl groups is 1. The Morgan fingerprint density at radius 3 is 2.48 bits per heavy atom. The molecule has 8 heteroatoms. The number of aromatic nitrogens is 2. The van der Waals surface area contributed by atoms with Crippen LogP contribution in [0.4, 0.5) is 0 Å². The third-order valence-electron chi connectivity index (χ3n) is 4.80. The largest absolute Gasteiger partial charge is 0.508 e. The van der Waals surface area contributed by atoms with Gasteiger partial charge in [0.15, 0.2) is 11.4 Å². The predicted octanol–water partition coefficient (Wildman–Crippen LogP) is 3.01. The quantitative estimate of drug-likeness (QED) is 0.742. The zero-order valence-electron chi connectivity index (χ0n) is 14.5. The van der Waals surface area contributed by atoms with Crippen molar-refractivity contribution in [1.82, 2.24) is 14.3 Å². The van der Waals surface area contributed by atoms with Gasteiger partial charge in [0.1, 0.15) is 11.5 Å². The summed E-state index contributed by atoms with van der Waals surface area (Å²) >= 11 is 0. The minimum Gasteiger partial charge on any atom is -0.508 e. The lowest BCUT2D eigenvalue weighted by molar-refractivity contribution is 0.295. The number of oxazole rings is 1. The van der Waals surface area contributed by atoms with Gasteiger partial charge in [0.25, 0.3) is 10.0 Å². The van der Waals surface area contributed by atoms with Gasteiger partial charge in [-0.3, -0.25) is 0 Å². The molecule has 1 N–H and O–H groups in total. The molecule has 1 fully saturated rings. The van der Waals surface area contributed by atoms with Crippen molar-refractivity contribution in [3.05, 3.63) is 60.8 Å². The van der Waals surface area contributed by atoms with Gasteiger partial charge in [0.05, 0.1) is 11.9 Å². The van der Waals surface area contributed by atoms with Crippen molar-refractivity contribution in [2.45, 2.75) is 23.8 Å². The maximum atomic E-state index is 13.0. The number of hydrogen-bond donors (Lipinski definition) is 1. The lowest BCUT2D eigenvalue weighted by Gasteiger charge is -2.29. The molecule has 7 nitrogen and oxygen atoms in total. The molecule has 0 unspecified atom stereocenters. The van der Waals surface area contributed by atoms with E-state index in [1.54, 1.807) is 42.6 Å². The zero-order valence-corrected chi connectivity index (χ0v) is 15.3. The molecular formula is C19H19N3O4S. The van der Waals surface area contributed by atoms with Crippen LogP contribution in [0.15, 0.2) is 64.5 Å². The minimum absolute atomic E-state index is 0.0335. The third-order valence-corrected chi connectivity index (χ3v) is 6.60. The first-order valence-corrected chi connectivity index (χ1v) is 10.1. The number of piperidine rings is 1. The number of rotatable bonds is 4. The van der Waals surface area contributed by atoms with Crippen molar-refractivity contribution in [1.29, 1.82) is 0 Å². The van der Waals surface area contributed by atoms with Gasteiger partial charge in [-0.05, 0) is 49.2 Å². The van der Waals surface area contributed by atoms with E-state index in [1.807, 2.05) is 0 Å². The molecule has 140 valence electrons. The molecule has 3 aromatic rings. The van der Waals surface area contributed by atoms with Gasteiger partial charge in [0.2, 0.25) is 0 Å². The average Bonchev–Trinajstić information content (AvgIpc) is 3.24. The van der Waals surface area contributed by atoms with Crippen LogP contribution in [0.2, 0.25) is 0 Å². The number of benzene rings is 1. The second-order valence-electron chi connectivity index (χ2n) is 6.49. The van der Waals surface area contributed by atoms with E-state index in [9.17, 15) is 13.5 Å². The molecule has 27 heavy (non-hydrogen) atoms. The highest BCUT2D eigenvalue weighted by atomic mass is 32.2. The second kappa shape index (κ2) is 7.13. The van der Waals surface area contributed by atoms with Crippen LogP contribution in [0.1, 0.15) is 24.5 Å². The molecule has 1 aliphatic heterocycles. The van der Waals surface area contributed by atoms with Crippen LogP contribution in [-0.4, -0.2) is 40.9 Å². The van der Waals surface area contributed by atoms with E-state index in [0.717, 1.165) is 11.3 Å². The van der Waals surface area contributed by atoms with E-state index in [1.165, 1.54) is 16.8 Å². The van der Waals surface area contributed by atoms with Gasteiger partial charge in [-0.15, -0.1) is 0 Å². The summed E-state index contributed by atoms with van der Waals surface area (Å²) in [7, 11) is -3.67. The van der Waals surface area contributed by atoms with E-state index < -0.39 is 10.0 Å². The van der Waals surface area contributed by atoms with Crippen molar-refractivity contribution < 1.29 is 17.9 Å². The van der Waals surface area contributed by atoms with Crippen LogP contribution in [-0.2, 0) is 10.0 Å². The fourth-order valence-electron chi connectivity index (χ4n) is 3.29. The monoisotopic (exact) mass is 385 g/mol. The summed E-state index contributed by atoms with van der Waals surface area (Å²) in [6.07, 6.45) is 4.47. The SMILES string of the molecule is O=S(=O)(c1cccc(-c2ccc(O)cc2)n1)N1CCC(c2cnco2)CC1. The van der Waals surface area contributed by atoms with Gasteiger partial charge < -0.3 is 9.52 Å². The molecule has 1 aromatic carbocycles. The van der Waals surface area contributed by atoms with Crippen LogP contribution in [0.5, 0.6) is 5.75 Å². The van der Waals surface area contributed by atoms with E-state index in [4.69, 9.17) is 4.42 Å². The molecule has 2 aromatic heterocycles. The highest BCUT2D eigenvalue weighted by molar-refractivity contribution is 7.89. The summed E-state index contributed by atoms with van der Waals surface area (Å²) in [6, 6.07) is 11.5. The number of sulfonamides is 1. The molecule has 0 bridgehead atoms. The van der Waals surface area contributed by atoms with Gasteiger partial charge in [-0.1, -0.05) is 6.07 Å². The van der Waals surface area contributed by atoms with E-state index in [-0.39, 0.29) is 16.7 Å². The van der Waals surface area contributed by atoms with Crippen molar-refractivity contribution in [3.63, 3.8) is 0 Å². The molecule has 3 heterocycles. The van der Waals surface area contributed by atoms with E-state index >= 15 is 0 Å². The Bertz CT molecular complexity index is 1010. The Labute approximate surface area is 157 Å². The minimum atomic E-state index is -3.67. The number of nitrogens with zero attached hydrogens (tertiary/aromatic N) is 3. The lowest BCUT2D eigenvalue weighted by atomic mass is 9.96. The van der Waals surface area contributed by atoms with Gasteiger partial charge in [-0.2, -0.15) is 4.31 Å². The zero-order chi connectivity index (χ0) is 18.9. The highest BCUT2D eigenvalue weighted by Crippen LogP contribution is 2.30. The molecule has 0 radical (unpaired) electrons. The van der Waals surface area contributed by atoms with E-state index in [2.05, 4.69) is 9.97 Å². The van der Waals surface area contributed by atoms with Crippen molar-refractivity contribution in [3.8, 4) is 17.0 Å². The summed E-state index contributed by atoms with van der Waals surface area (Å²) in [5.74, 6) is 1.15. The maximum Gasteiger partial charge on any atom is 0.260 e. The Hall–Kier alpha value is -2.71. The van der Waals surface area contributed by atoms with Crippen molar-refractivity contribution in [2.75, 3.05) is 13.1 Å². The van der Waals surface area contributed by atoms with Crippen LogP contribution in [0, 0.1) is 0 Å². The number of hydrogen-bond acceptors (Lipinski definition) is 6. The first-order chi connectivity index (χ1) is 13.0. The Morgan fingerprint density at radius 2 is 1.81 bits per heavy atom. The number of phenolic OH excluding ortho intramolecular Hbond substituents is 1. The fourth-order valence-corrected chi connectivity index (χ4v) is 4.71. The topological polar surface area (TPSA) is 96.5 Å². The maximum absolute atomic E-state index is 13.0. The summed E-state index contributed by atoms with van der Waals surface area (Å²) in [5.41, 5.74) is 1.29. The van der Waals surface area contributed by atoms with Crippen molar-refractivity contribution >= 4 is 10.0 Å². The number of phenols is 1. The fraction of sp³-hybridized carbons (Fsp3) is 0.263. The third kappa shape index (κ3) is 3.58. The number of pyridine rings is 1. The summed E-state index contributed by atoms with van der Waals surface area (Å²) in [4.78, 5) is 8.28. The predicted molar refractivity (Wildman–Crippen MR) is 98.6 cm³/mol. The molecule has 1 saturated heterocycles. The Balaban J connectivity index is 1.54. The molecule has 0 spiro atoms. The Morgan fingerprint density at radius 1 is 1.07 bits per heavy atom. The molecule has 0 saturated carbocycles.